The van der Waals surface area contributed by atoms with Gasteiger partial charge in [-0.1, -0.05) is 24.3 Å². The quantitative estimate of drug-likeness (QED) is 0.609. The molecule has 0 radical (unpaired) electrons. The molecule has 0 unspecified atom stereocenters. The monoisotopic (exact) mass is 330 g/mol. The maximum Gasteiger partial charge on any atom is 0.226 e. The topological polar surface area (TPSA) is 73.9 Å². The van der Waals surface area contributed by atoms with Crippen molar-refractivity contribution in [1.82, 2.24) is 15.0 Å². The number of rotatable bonds is 3. The van der Waals surface area contributed by atoms with E-state index >= 15 is 0 Å². The zero-order valence-electron chi connectivity index (χ0n) is 14.1. The number of ether oxygens (including phenoxy) is 1. The molecule has 4 rings (SSSR count). The summed E-state index contributed by atoms with van der Waals surface area (Å²) in [6.45, 7) is 3.92. The van der Waals surface area contributed by atoms with E-state index in [1.807, 2.05) is 56.4 Å². The van der Waals surface area contributed by atoms with Gasteiger partial charge in [-0.2, -0.15) is 4.98 Å². The highest BCUT2D eigenvalue weighted by molar-refractivity contribution is 5.90. The van der Waals surface area contributed by atoms with Gasteiger partial charge in [0.2, 0.25) is 11.8 Å². The lowest BCUT2D eigenvalue weighted by molar-refractivity contribution is 0.236. The molecule has 0 aliphatic carbocycles. The molecule has 0 saturated carbocycles. The molecule has 124 valence electrons. The minimum atomic E-state index is 0.00323. The molecule has 2 aromatic carbocycles. The maximum absolute atomic E-state index is 5.82. The fourth-order valence-corrected chi connectivity index (χ4v) is 2.84. The lowest BCUT2D eigenvalue weighted by atomic mass is 10.0. The zero-order valence-corrected chi connectivity index (χ0v) is 14.1. The molecule has 0 fully saturated rings. The third-order valence-corrected chi connectivity index (χ3v) is 3.95. The fourth-order valence-electron chi connectivity index (χ4n) is 2.84. The van der Waals surface area contributed by atoms with Gasteiger partial charge in [0.1, 0.15) is 0 Å². The third-order valence-electron chi connectivity index (χ3n) is 3.95. The van der Waals surface area contributed by atoms with Crippen molar-refractivity contribution in [3.05, 3.63) is 54.7 Å². The van der Waals surface area contributed by atoms with E-state index < -0.39 is 0 Å². The number of aromatic nitrogens is 3. The number of benzene rings is 2. The second-order valence-corrected chi connectivity index (χ2v) is 6.20. The number of pyridine rings is 1. The average molecular weight is 330 g/mol. The summed E-state index contributed by atoms with van der Waals surface area (Å²) in [7, 11) is 0. The van der Waals surface area contributed by atoms with Crippen molar-refractivity contribution >= 4 is 27.8 Å². The van der Waals surface area contributed by atoms with Crippen LogP contribution in [0.3, 0.4) is 0 Å². The predicted octanol–water partition coefficient (Wildman–Crippen LogP) is 4.21. The minimum absolute atomic E-state index is 0.00323. The molecule has 0 aliphatic heterocycles. The van der Waals surface area contributed by atoms with Crippen molar-refractivity contribution in [3.8, 4) is 17.0 Å². The molecule has 2 N–H and O–H groups in total. The van der Waals surface area contributed by atoms with Crippen LogP contribution in [0, 0.1) is 0 Å². The number of para-hydroxylation sites is 1. The minimum Gasteiger partial charge on any atom is -0.474 e. The number of nitrogen functional groups attached to an aromatic ring is 1. The van der Waals surface area contributed by atoms with Crippen molar-refractivity contribution in [2.45, 2.75) is 20.0 Å². The largest absolute Gasteiger partial charge is 0.474 e. The number of nitrogens with two attached hydrogens (primary N) is 1. The van der Waals surface area contributed by atoms with Gasteiger partial charge in [-0.05, 0) is 43.7 Å². The van der Waals surface area contributed by atoms with Crippen molar-refractivity contribution in [1.29, 1.82) is 0 Å². The van der Waals surface area contributed by atoms with Crippen LogP contribution >= 0.6 is 0 Å². The van der Waals surface area contributed by atoms with E-state index in [0.717, 1.165) is 32.9 Å². The third kappa shape index (κ3) is 2.96. The Morgan fingerprint density at radius 2 is 1.76 bits per heavy atom. The Labute approximate surface area is 145 Å². The van der Waals surface area contributed by atoms with Crippen LogP contribution in [0.5, 0.6) is 5.88 Å². The standard InChI is InChI=1S/C20H18N4O/c1-12(2)25-19-16-10-13(7-8-18(16)23-20(21)24-19)15-9-14-5-3-4-6-17(14)22-11-15/h3-12H,1-2H3,(H2,21,23,24). The molecular formula is C20H18N4O. The molecule has 0 saturated heterocycles. The SMILES string of the molecule is CC(C)Oc1nc(N)nc2ccc(-c3cnc4ccccc4c3)cc12. The molecule has 5 nitrogen and oxygen atoms in total. The highest BCUT2D eigenvalue weighted by Crippen LogP contribution is 2.30. The number of fused-ring (bicyclic) bond motifs is 2. The smallest absolute Gasteiger partial charge is 0.226 e. The Balaban J connectivity index is 1.88. The highest BCUT2D eigenvalue weighted by Gasteiger charge is 2.11. The van der Waals surface area contributed by atoms with Gasteiger partial charge in [-0.15, -0.1) is 0 Å². The van der Waals surface area contributed by atoms with E-state index in [9.17, 15) is 0 Å². The summed E-state index contributed by atoms with van der Waals surface area (Å²) in [4.78, 5) is 13.1. The second kappa shape index (κ2) is 6.02. The van der Waals surface area contributed by atoms with Crippen molar-refractivity contribution in [3.63, 3.8) is 0 Å². The molecule has 4 aromatic rings. The molecular weight excluding hydrogens is 312 g/mol. The van der Waals surface area contributed by atoms with E-state index in [4.69, 9.17) is 10.5 Å². The van der Waals surface area contributed by atoms with Crippen LogP contribution in [0.25, 0.3) is 32.9 Å². The van der Waals surface area contributed by atoms with E-state index in [0.29, 0.717) is 5.88 Å². The van der Waals surface area contributed by atoms with Gasteiger partial charge in [0.05, 0.1) is 22.5 Å². The van der Waals surface area contributed by atoms with Gasteiger partial charge in [0.25, 0.3) is 0 Å². The molecule has 2 heterocycles. The lowest BCUT2D eigenvalue weighted by Gasteiger charge is -2.12. The van der Waals surface area contributed by atoms with Crippen LogP contribution in [-0.2, 0) is 0 Å². The summed E-state index contributed by atoms with van der Waals surface area (Å²) in [5.41, 5.74) is 9.61. The lowest BCUT2D eigenvalue weighted by Crippen LogP contribution is -2.09. The second-order valence-electron chi connectivity index (χ2n) is 6.20. The first-order chi connectivity index (χ1) is 12.1. The molecule has 0 aliphatic rings. The van der Waals surface area contributed by atoms with Gasteiger partial charge in [-0.25, -0.2) is 4.98 Å². The van der Waals surface area contributed by atoms with Crippen LogP contribution in [0.1, 0.15) is 13.8 Å². The number of nitrogens with zero attached hydrogens (tertiary/aromatic N) is 3. The van der Waals surface area contributed by atoms with Crippen molar-refractivity contribution in [2.24, 2.45) is 0 Å². The predicted molar refractivity (Wildman–Crippen MR) is 100 cm³/mol. The van der Waals surface area contributed by atoms with Crippen molar-refractivity contribution in [2.75, 3.05) is 5.73 Å². The summed E-state index contributed by atoms with van der Waals surface area (Å²) in [5, 5.41) is 1.95. The maximum atomic E-state index is 5.82. The molecule has 5 heteroatoms. The molecule has 25 heavy (non-hydrogen) atoms. The summed E-state index contributed by atoms with van der Waals surface area (Å²) < 4.78 is 5.82. The Hall–Kier alpha value is -3.21. The summed E-state index contributed by atoms with van der Waals surface area (Å²) in [6, 6.07) is 16.2. The van der Waals surface area contributed by atoms with E-state index in [2.05, 4.69) is 27.1 Å². The van der Waals surface area contributed by atoms with E-state index in [1.54, 1.807) is 0 Å². The first-order valence-electron chi connectivity index (χ1n) is 8.19. The Kier molecular flexibility index (Phi) is 3.69. The molecule has 0 amide bonds. The number of anilines is 1. The number of hydrogen-bond acceptors (Lipinski definition) is 5. The van der Waals surface area contributed by atoms with Crippen LogP contribution in [-0.4, -0.2) is 21.1 Å². The zero-order chi connectivity index (χ0) is 17.4. The van der Waals surface area contributed by atoms with Crippen LogP contribution in [0.4, 0.5) is 5.95 Å². The average Bonchev–Trinajstić information content (AvgIpc) is 2.60. The van der Waals surface area contributed by atoms with Crippen LogP contribution in [0.15, 0.2) is 54.7 Å². The van der Waals surface area contributed by atoms with Gasteiger partial charge in [0.15, 0.2) is 0 Å². The van der Waals surface area contributed by atoms with Crippen molar-refractivity contribution < 1.29 is 4.74 Å². The van der Waals surface area contributed by atoms with E-state index in [1.165, 1.54) is 0 Å². The van der Waals surface area contributed by atoms with Gasteiger partial charge < -0.3 is 10.5 Å². The van der Waals surface area contributed by atoms with Gasteiger partial charge in [-0.3, -0.25) is 4.98 Å². The Morgan fingerprint density at radius 3 is 2.60 bits per heavy atom. The molecule has 0 atom stereocenters. The normalized spacial score (nSPS) is 11.3. The Bertz CT molecular complexity index is 1080. The first kappa shape index (κ1) is 15.3. The molecule has 2 aromatic heterocycles. The fraction of sp³-hybridized carbons (Fsp3) is 0.150. The summed E-state index contributed by atoms with van der Waals surface area (Å²) >= 11 is 0. The first-order valence-corrected chi connectivity index (χ1v) is 8.19. The summed E-state index contributed by atoms with van der Waals surface area (Å²) in [5.74, 6) is 0.719. The van der Waals surface area contributed by atoms with Crippen LogP contribution < -0.4 is 10.5 Å². The van der Waals surface area contributed by atoms with Gasteiger partial charge >= 0.3 is 0 Å². The highest BCUT2D eigenvalue weighted by atomic mass is 16.5. The van der Waals surface area contributed by atoms with Gasteiger partial charge in [0, 0.05) is 17.1 Å². The number of hydrogen-bond donors (Lipinski definition) is 1. The molecule has 0 spiro atoms. The van der Waals surface area contributed by atoms with E-state index in [-0.39, 0.29) is 12.1 Å². The van der Waals surface area contributed by atoms with Crippen LogP contribution in [0.2, 0.25) is 0 Å². The molecule has 0 bridgehead atoms. The Morgan fingerprint density at radius 1 is 0.920 bits per heavy atom. The summed E-state index contributed by atoms with van der Waals surface area (Å²) in [6.07, 6.45) is 1.88.